The molecule has 0 aliphatic carbocycles. The highest BCUT2D eigenvalue weighted by atomic mass is 32.1. The molecule has 1 fully saturated rings. The first kappa shape index (κ1) is 31.2. The number of amides is 1. The van der Waals surface area contributed by atoms with Crippen LogP contribution in [0.5, 0.6) is 0 Å². The maximum atomic E-state index is 12.9. The maximum Gasteiger partial charge on any atom is 0.490 e. The topological polar surface area (TPSA) is 72.9 Å². The molecule has 1 aliphatic rings. The molecule has 216 valence electrons. The third-order valence-corrected chi connectivity index (χ3v) is 7.55. The number of aliphatic carboxylic acids is 1. The van der Waals surface area contributed by atoms with Crippen molar-refractivity contribution >= 4 is 28.9 Å². The van der Waals surface area contributed by atoms with E-state index in [-0.39, 0.29) is 17.4 Å². The lowest BCUT2D eigenvalue weighted by Gasteiger charge is -2.20. The van der Waals surface area contributed by atoms with Crippen LogP contribution < -0.4 is 10.2 Å². The third-order valence-electron chi connectivity index (χ3n) is 6.62. The van der Waals surface area contributed by atoms with Gasteiger partial charge in [-0.1, -0.05) is 57.2 Å². The molecule has 0 saturated carbocycles. The van der Waals surface area contributed by atoms with Crippen molar-refractivity contribution in [3.63, 3.8) is 0 Å². The molecule has 4 rings (SSSR count). The minimum Gasteiger partial charge on any atom is -0.475 e. The van der Waals surface area contributed by atoms with Crippen molar-refractivity contribution in [3.8, 4) is 11.1 Å². The van der Waals surface area contributed by atoms with Crippen LogP contribution in [0.1, 0.15) is 48.0 Å². The van der Waals surface area contributed by atoms with Gasteiger partial charge in [-0.15, -0.1) is 11.3 Å². The number of carboxylic acids is 1. The average Bonchev–Trinajstić information content (AvgIpc) is 3.54. The SMILES string of the molecule is CN(C)c1ccc(-c2csc(C(=O)NC3CCN(Cc4ccc(C(C)(C)C)cc4)C3)c2)cc1.O=C(O)C(F)(F)F. The van der Waals surface area contributed by atoms with E-state index < -0.39 is 12.1 Å². The molecule has 1 aliphatic heterocycles. The summed E-state index contributed by atoms with van der Waals surface area (Å²) in [5.74, 6) is -2.72. The fraction of sp³-hybridized carbons (Fsp3) is 0.400. The Hall–Kier alpha value is -3.37. The van der Waals surface area contributed by atoms with Crippen LogP contribution in [0.3, 0.4) is 0 Å². The lowest BCUT2D eigenvalue weighted by atomic mass is 9.87. The van der Waals surface area contributed by atoms with Crippen LogP contribution >= 0.6 is 11.3 Å². The van der Waals surface area contributed by atoms with Crippen molar-refractivity contribution in [1.82, 2.24) is 10.2 Å². The molecule has 0 spiro atoms. The van der Waals surface area contributed by atoms with Gasteiger partial charge in [-0.3, -0.25) is 9.69 Å². The standard InChI is InChI=1S/C28H35N3OS.C2HF3O2/c1-28(2,3)23-10-6-20(7-11-23)17-31-15-14-24(18-31)29-27(32)26-16-22(19-33-26)21-8-12-25(13-9-21)30(4)5;3-2(4,5)1(6)7/h6-13,16,19,24H,14-15,17-18H2,1-5H3,(H,29,32);(H,6,7). The van der Waals surface area contributed by atoms with Crippen LogP contribution in [0.2, 0.25) is 0 Å². The lowest BCUT2D eigenvalue weighted by Crippen LogP contribution is -2.36. The summed E-state index contributed by atoms with van der Waals surface area (Å²) in [7, 11) is 4.07. The smallest absolute Gasteiger partial charge is 0.475 e. The predicted molar refractivity (Wildman–Crippen MR) is 154 cm³/mol. The van der Waals surface area contributed by atoms with Crippen molar-refractivity contribution < 1.29 is 27.9 Å². The quantitative estimate of drug-likeness (QED) is 0.355. The summed E-state index contributed by atoms with van der Waals surface area (Å²) >= 11 is 1.52. The second-order valence-electron chi connectivity index (χ2n) is 11.1. The number of hydrogen-bond donors (Lipinski definition) is 2. The Morgan fingerprint density at radius 3 is 2.15 bits per heavy atom. The Morgan fingerprint density at radius 2 is 1.62 bits per heavy atom. The molecule has 1 unspecified atom stereocenters. The van der Waals surface area contributed by atoms with Gasteiger partial charge in [0, 0.05) is 45.5 Å². The molecule has 1 atom stereocenters. The summed E-state index contributed by atoms with van der Waals surface area (Å²) in [6, 6.07) is 19.6. The van der Waals surface area contributed by atoms with Crippen LogP contribution in [0.15, 0.2) is 60.0 Å². The first-order valence-corrected chi connectivity index (χ1v) is 13.8. The van der Waals surface area contributed by atoms with E-state index in [1.807, 2.05) is 20.2 Å². The zero-order chi connectivity index (χ0) is 29.7. The molecule has 1 saturated heterocycles. The monoisotopic (exact) mass is 575 g/mol. The number of alkyl halides is 3. The number of nitrogens with one attached hydrogen (secondary N) is 1. The Morgan fingerprint density at radius 1 is 1.02 bits per heavy atom. The summed E-state index contributed by atoms with van der Waals surface area (Å²) in [5, 5.41) is 12.4. The predicted octanol–water partition coefficient (Wildman–Crippen LogP) is 6.42. The normalized spacial score (nSPS) is 15.8. The fourth-order valence-corrected chi connectivity index (χ4v) is 5.10. The van der Waals surface area contributed by atoms with Crippen molar-refractivity contribution in [2.24, 2.45) is 0 Å². The molecule has 0 bridgehead atoms. The van der Waals surface area contributed by atoms with Gasteiger partial charge in [0.25, 0.3) is 5.91 Å². The van der Waals surface area contributed by atoms with Gasteiger partial charge < -0.3 is 15.3 Å². The summed E-state index contributed by atoms with van der Waals surface area (Å²) in [5.41, 5.74) is 6.28. The van der Waals surface area contributed by atoms with E-state index in [4.69, 9.17) is 9.90 Å². The average molecular weight is 576 g/mol. The van der Waals surface area contributed by atoms with E-state index >= 15 is 0 Å². The second kappa shape index (κ2) is 12.9. The maximum absolute atomic E-state index is 12.9. The number of likely N-dealkylation sites (tertiary alicyclic amines) is 1. The molecular formula is C30H36F3N3O3S. The number of benzene rings is 2. The zero-order valence-electron chi connectivity index (χ0n) is 23.4. The first-order valence-electron chi connectivity index (χ1n) is 12.9. The summed E-state index contributed by atoms with van der Waals surface area (Å²) in [6.07, 6.45) is -4.09. The van der Waals surface area contributed by atoms with Crippen LogP contribution in [-0.2, 0) is 16.8 Å². The lowest BCUT2D eigenvalue weighted by molar-refractivity contribution is -0.192. The summed E-state index contributed by atoms with van der Waals surface area (Å²) in [6.45, 7) is 9.58. The molecule has 10 heteroatoms. The zero-order valence-corrected chi connectivity index (χ0v) is 24.2. The minimum absolute atomic E-state index is 0.0394. The number of anilines is 1. The second-order valence-corrected chi connectivity index (χ2v) is 12.0. The Bertz CT molecular complexity index is 1280. The van der Waals surface area contributed by atoms with Crippen LogP contribution in [0, 0.1) is 0 Å². The number of carboxylic acid groups (broad SMARTS) is 1. The van der Waals surface area contributed by atoms with Gasteiger partial charge in [0.2, 0.25) is 0 Å². The molecule has 3 aromatic rings. The molecule has 2 N–H and O–H groups in total. The van der Waals surface area contributed by atoms with E-state index in [9.17, 15) is 18.0 Å². The largest absolute Gasteiger partial charge is 0.490 e. The fourth-order valence-electron chi connectivity index (χ4n) is 4.28. The van der Waals surface area contributed by atoms with Crippen molar-refractivity contribution in [1.29, 1.82) is 0 Å². The van der Waals surface area contributed by atoms with Gasteiger partial charge in [-0.05, 0) is 57.7 Å². The van der Waals surface area contributed by atoms with E-state index in [0.29, 0.717) is 0 Å². The van der Waals surface area contributed by atoms with Crippen molar-refractivity contribution in [3.05, 3.63) is 76.0 Å². The highest BCUT2D eigenvalue weighted by Gasteiger charge is 2.38. The van der Waals surface area contributed by atoms with Gasteiger partial charge >= 0.3 is 12.1 Å². The number of rotatable bonds is 6. The van der Waals surface area contributed by atoms with Crippen LogP contribution in [0.4, 0.5) is 18.9 Å². The van der Waals surface area contributed by atoms with Gasteiger partial charge in [-0.25, -0.2) is 4.79 Å². The van der Waals surface area contributed by atoms with Crippen LogP contribution in [0.25, 0.3) is 11.1 Å². The molecule has 6 nitrogen and oxygen atoms in total. The van der Waals surface area contributed by atoms with Gasteiger partial charge in [0.15, 0.2) is 0 Å². The van der Waals surface area contributed by atoms with Crippen molar-refractivity contribution in [2.45, 2.75) is 51.4 Å². The van der Waals surface area contributed by atoms with E-state index in [0.717, 1.165) is 42.1 Å². The van der Waals surface area contributed by atoms with Gasteiger partial charge in [-0.2, -0.15) is 13.2 Å². The first-order chi connectivity index (χ1) is 18.6. The Kier molecular flexibility index (Phi) is 10.0. The number of carbonyl (C=O) groups is 2. The van der Waals surface area contributed by atoms with Gasteiger partial charge in [0.1, 0.15) is 0 Å². The summed E-state index contributed by atoms with van der Waals surface area (Å²) in [4.78, 5) is 27.1. The number of nitrogens with zero attached hydrogens (tertiary/aromatic N) is 2. The highest BCUT2D eigenvalue weighted by molar-refractivity contribution is 7.12. The Balaban J connectivity index is 0.000000559. The van der Waals surface area contributed by atoms with Gasteiger partial charge in [0.05, 0.1) is 4.88 Å². The number of hydrogen-bond acceptors (Lipinski definition) is 5. The molecule has 2 aromatic carbocycles. The third kappa shape index (κ3) is 8.82. The van der Waals surface area contributed by atoms with E-state index in [1.165, 1.54) is 28.2 Å². The highest BCUT2D eigenvalue weighted by Crippen LogP contribution is 2.28. The summed E-state index contributed by atoms with van der Waals surface area (Å²) < 4.78 is 31.7. The van der Waals surface area contributed by atoms with Crippen molar-refractivity contribution in [2.75, 3.05) is 32.1 Å². The van der Waals surface area contributed by atoms with E-state index in [2.05, 4.69) is 89.8 Å². The van der Waals surface area contributed by atoms with Crippen LogP contribution in [-0.4, -0.2) is 61.3 Å². The molecule has 0 radical (unpaired) electrons. The van der Waals surface area contributed by atoms with E-state index in [1.54, 1.807) is 0 Å². The molecular weight excluding hydrogens is 539 g/mol. The molecule has 1 aromatic heterocycles. The number of carbonyl (C=O) groups excluding carboxylic acids is 1. The molecule has 1 amide bonds. The Labute approximate surface area is 237 Å². The number of thiophene rings is 1. The molecule has 2 heterocycles. The molecule has 40 heavy (non-hydrogen) atoms. The minimum atomic E-state index is -5.08. The number of halogens is 3.